The first-order chi connectivity index (χ1) is 10.2. The van der Waals surface area contributed by atoms with Crippen molar-refractivity contribution in [2.45, 2.75) is 44.2 Å². The molecule has 3 heteroatoms. The first-order valence-electron chi connectivity index (χ1n) is 8.40. The summed E-state index contributed by atoms with van der Waals surface area (Å²) in [4.78, 5) is 5.25. The van der Waals surface area contributed by atoms with E-state index < -0.39 is 0 Å². The van der Waals surface area contributed by atoms with Crippen molar-refractivity contribution in [2.24, 2.45) is 5.73 Å². The van der Waals surface area contributed by atoms with Gasteiger partial charge in [-0.05, 0) is 50.4 Å². The van der Waals surface area contributed by atoms with Gasteiger partial charge in [-0.2, -0.15) is 0 Å². The van der Waals surface area contributed by atoms with E-state index in [0.29, 0.717) is 6.04 Å². The van der Waals surface area contributed by atoms with Gasteiger partial charge < -0.3 is 10.6 Å². The molecule has 21 heavy (non-hydrogen) atoms. The van der Waals surface area contributed by atoms with Crippen LogP contribution in [-0.2, 0) is 12.8 Å². The Morgan fingerprint density at radius 1 is 1.19 bits per heavy atom. The molecule has 3 nitrogen and oxygen atoms in total. The van der Waals surface area contributed by atoms with E-state index in [1.165, 1.54) is 43.6 Å². The molecule has 1 aliphatic carbocycles. The molecule has 0 bridgehead atoms. The van der Waals surface area contributed by atoms with Gasteiger partial charge in [0.2, 0.25) is 0 Å². The molecule has 1 aromatic carbocycles. The zero-order valence-corrected chi connectivity index (χ0v) is 13.5. The maximum atomic E-state index is 6.33. The van der Waals surface area contributed by atoms with E-state index in [4.69, 9.17) is 5.73 Å². The summed E-state index contributed by atoms with van der Waals surface area (Å²) in [6.45, 7) is 6.66. The van der Waals surface area contributed by atoms with E-state index in [9.17, 15) is 0 Å². The van der Waals surface area contributed by atoms with Crippen molar-refractivity contribution in [1.82, 2.24) is 9.80 Å². The van der Waals surface area contributed by atoms with E-state index >= 15 is 0 Å². The highest BCUT2D eigenvalue weighted by molar-refractivity contribution is 5.37. The molecule has 2 N–H and O–H groups in total. The van der Waals surface area contributed by atoms with Crippen LogP contribution in [0.25, 0.3) is 0 Å². The van der Waals surface area contributed by atoms with Crippen molar-refractivity contribution in [3.05, 3.63) is 35.4 Å². The van der Waals surface area contributed by atoms with Crippen molar-refractivity contribution in [3.63, 3.8) is 0 Å². The van der Waals surface area contributed by atoms with Crippen LogP contribution in [-0.4, -0.2) is 54.6 Å². The lowest BCUT2D eigenvalue weighted by Gasteiger charge is -2.45. The number of nitrogens with two attached hydrogens (primary N) is 1. The summed E-state index contributed by atoms with van der Waals surface area (Å²) >= 11 is 0. The Labute approximate surface area is 129 Å². The maximum Gasteiger partial charge on any atom is 0.0415 e. The quantitative estimate of drug-likeness (QED) is 0.921. The summed E-state index contributed by atoms with van der Waals surface area (Å²) in [5, 5.41) is 0. The molecule has 0 saturated carbocycles. The molecule has 116 valence electrons. The molecule has 1 aromatic rings. The number of nitrogens with zero attached hydrogens (tertiary/aromatic N) is 2. The highest BCUT2D eigenvalue weighted by Crippen LogP contribution is 2.36. The van der Waals surface area contributed by atoms with Crippen LogP contribution in [0.4, 0.5) is 0 Å². The summed E-state index contributed by atoms with van der Waals surface area (Å²) in [6.07, 6.45) is 4.72. The lowest BCUT2D eigenvalue weighted by molar-refractivity contribution is 0.0536. The van der Waals surface area contributed by atoms with Crippen LogP contribution >= 0.6 is 0 Å². The Kier molecular flexibility index (Phi) is 4.34. The van der Waals surface area contributed by atoms with Gasteiger partial charge in [0, 0.05) is 31.2 Å². The number of likely N-dealkylation sites (N-methyl/N-ethyl adjacent to an activating group) is 1. The zero-order valence-electron chi connectivity index (χ0n) is 13.5. The summed E-state index contributed by atoms with van der Waals surface area (Å²) in [5.41, 5.74) is 9.49. The van der Waals surface area contributed by atoms with Crippen LogP contribution in [0, 0.1) is 0 Å². The van der Waals surface area contributed by atoms with Gasteiger partial charge in [-0.25, -0.2) is 0 Å². The number of rotatable bonds is 3. The summed E-state index contributed by atoms with van der Waals surface area (Å²) in [5.74, 6) is 0. The molecule has 3 rings (SSSR count). The number of hydrogen-bond donors (Lipinski definition) is 1. The molecular formula is C18H29N3. The van der Waals surface area contributed by atoms with Gasteiger partial charge in [-0.3, -0.25) is 4.90 Å². The molecule has 0 aromatic heterocycles. The Balaban J connectivity index is 1.89. The van der Waals surface area contributed by atoms with Crippen molar-refractivity contribution in [1.29, 1.82) is 0 Å². The third-order valence-corrected chi connectivity index (χ3v) is 5.52. The van der Waals surface area contributed by atoms with E-state index in [0.717, 1.165) is 19.4 Å². The SMILES string of the molecule is CCC1CN(C)CCCN1C1(CN)Cc2ccccc2C1. The van der Waals surface area contributed by atoms with Gasteiger partial charge in [-0.1, -0.05) is 31.2 Å². The van der Waals surface area contributed by atoms with E-state index in [-0.39, 0.29) is 5.54 Å². The van der Waals surface area contributed by atoms with E-state index in [1.807, 2.05) is 0 Å². The van der Waals surface area contributed by atoms with Gasteiger partial charge in [-0.15, -0.1) is 0 Å². The third kappa shape index (κ3) is 2.75. The van der Waals surface area contributed by atoms with Gasteiger partial charge in [0.15, 0.2) is 0 Å². The number of hydrogen-bond acceptors (Lipinski definition) is 3. The molecule has 1 saturated heterocycles. The topological polar surface area (TPSA) is 32.5 Å². The molecule has 1 unspecified atom stereocenters. The number of benzene rings is 1. The average molecular weight is 287 g/mol. The van der Waals surface area contributed by atoms with Crippen LogP contribution in [0.2, 0.25) is 0 Å². The van der Waals surface area contributed by atoms with Crippen LogP contribution in [0.1, 0.15) is 30.9 Å². The predicted molar refractivity (Wildman–Crippen MR) is 88.5 cm³/mol. The van der Waals surface area contributed by atoms with Crippen LogP contribution in [0.5, 0.6) is 0 Å². The molecule has 0 radical (unpaired) electrons. The normalized spacial score (nSPS) is 26.5. The fourth-order valence-corrected chi connectivity index (χ4v) is 4.36. The van der Waals surface area contributed by atoms with E-state index in [1.54, 1.807) is 0 Å². The van der Waals surface area contributed by atoms with Crippen molar-refractivity contribution in [3.8, 4) is 0 Å². The first-order valence-corrected chi connectivity index (χ1v) is 8.40. The highest BCUT2D eigenvalue weighted by atomic mass is 15.3. The molecule has 1 aliphatic heterocycles. The minimum atomic E-state index is 0.148. The largest absolute Gasteiger partial charge is 0.329 e. The zero-order chi connectivity index (χ0) is 14.9. The average Bonchev–Trinajstić information content (AvgIpc) is 2.78. The lowest BCUT2D eigenvalue weighted by Crippen LogP contribution is -2.59. The van der Waals surface area contributed by atoms with Gasteiger partial charge in [0.1, 0.15) is 0 Å². The molecule has 0 spiro atoms. The van der Waals surface area contributed by atoms with Crippen LogP contribution < -0.4 is 5.73 Å². The Hall–Kier alpha value is -0.900. The van der Waals surface area contributed by atoms with Crippen LogP contribution in [0.15, 0.2) is 24.3 Å². The minimum absolute atomic E-state index is 0.148. The van der Waals surface area contributed by atoms with Crippen LogP contribution in [0.3, 0.4) is 0 Å². The molecule has 2 aliphatic rings. The molecule has 0 amide bonds. The predicted octanol–water partition coefficient (Wildman–Crippen LogP) is 1.90. The number of fused-ring (bicyclic) bond motifs is 1. The maximum absolute atomic E-state index is 6.33. The Bertz CT molecular complexity index is 460. The second-order valence-corrected chi connectivity index (χ2v) is 6.92. The highest BCUT2D eigenvalue weighted by Gasteiger charge is 2.44. The Morgan fingerprint density at radius 2 is 1.86 bits per heavy atom. The molecule has 1 heterocycles. The van der Waals surface area contributed by atoms with Crippen molar-refractivity contribution >= 4 is 0 Å². The smallest absolute Gasteiger partial charge is 0.0415 e. The lowest BCUT2D eigenvalue weighted by atomic mass is 9.90. The fourth-order valence-electron chi connectivity index (χ4n) is 4.36. The summed E-state index contributed by atoms with van der Waals surface area (Å²) in [7, 11) is 2.25. The second kappa shape index (κ2) is 6.07. The standard InChI is InChI=1S/C18H29N3/c1-3-17-13-20(2)9-6-10-21(17)18(14-19)11-15-7-4-5-8-16(15)12-18/h4-5,7-8,17H,3,6,9-14,19H2,1-2H3. The first kappa shape index (κ1) is 15.0. The molecule has 1 fully saturated rings. The molecule has 1 atom stereocenters. The van der Waals surface area contributed by atoms with Crippen molar-refractivity contribution < 1.29 is 0 Å². The minimum Gasteiger partial charge on any atom is -0.329 e. The van der Waals surface area contributed by atoms with Gasteiger partial charge >= 0.3 is 0 Å². The summed E-state index contributed by atoms with van der Waals surface area (Å²) in [6, 6.07) is 9.54. The summed E-state index contributed by atoms with van der Waals surface area (Å²) < 4.78 is 0. The fraction of sp³-hybridized carbons (Fsp3) is 0.667. The van der Waals surface area contributed by atoms with Crippen molar-refractivity contribution in [2.75, 3.05) is 33.2 Å². The second-order valence-electron chi connectivity index (χ2n) is 6.92. The van der Waals surface area contributed by atoms with Gasteiger partial charge in [0.05, 0.1) is 0 Å². The monoisotopic (exact) mass is 287 g/mol. The van der Waals surface area contributed by atoms with Gasteiger partial charge in [0.25, 0.3) is 0 Å². The van der Waals surface area contributed by atoms with E-state index in [2.05, 4.69) is 48.0 Å². The Morgan fingerprint density at radius 3 is 2.43 bits per heavy atom. The third-order valence-electron chi connectivity index (χ3n) is 5.52. The molecular weight excluding hydrogens is 258 g/mol.